The van der Waals surface area contributed by atoms with Crippen LogP contribution in [-0.4, -0.2) is 52.7 Å². The summed E-state index contributed by atoms with van der Waals surface area (Å²) >= 11 is 0. The molecule has 0 spiro atoms. The molecule has 0 atom stereocenters. The van der Waals surface area contributed by atoms with Crippen LogP contribution in [0, 0.1) is 5.41 Å². The molecule has 25 heavy (non-hydrogen) atoms. The normalized spacial score (nSPS) is 17.8. The van der Waals surface area contributed by atoms with Crippen LogP contribution in [0.1, 0.15) is 22.8 Å². The number of hydrogen-bond acceptors (Lipinski definition) is 7. The van der Waals surface area contributed by atoms with E-state index in [9.17, 15) is 19.9 Å². The third-order valence-corrected chi connectivity index (χ3v) is 4.12. The quantitative estimate of drug-likeness (QED) is 0.276. The minimum Gasteiger partial charge on any atom is -0.669 e. The Labute approximate surface area is 189 Å². The van der Waals surface area contributed by atoms with Crippen LogP contribution < -0.4 is 73.6 Å². The summed E-state index contributed by atoms with van der Waals surface area (Å²) in [4.78, 5) is 13.3. The van der Waals surface area contributed by atoms with Gasteiger partial charge in [0, 0.05) is 0 Å². The summed E-state index contributed by atoms with van der Waals surface area (Å²) in [6.07, 6.45) is 0.0664. The number of benzene rings is 1. The van der Waals surface area contributed by atoms with Gasteiger partial charge in [0.05, 0.1) is 36.2 Å². The molecule has 0 unspecified atom stereocenters. The number of nitrogens with one attached hydrogen (secondary N) is 1. The summed E-state index contributed by atoms with van der Waals surface area (Å²) in [6.45, 7) is -0.416. The number of amidine groups is 1. The molecule has 0 amide bonds. The van der Waals surface area contributed by atoms with E-state index in [4.69, 9.17) is 14.8 Å². The third kappa shape index (κ3) is 4.93. The van der Waals surface area contributed by atoms with Crippen LogP contribution in [0.4, 0.5) is 0 Å². The molecule has 1 saturated heterocycles. The van der Waals surface area contributed by atoms with E-state index >= 15 is 0 Å². The topological polar surface area (TPSA) is 126 Å². The number of carbonyl (C=O) groups excluding carboxylic acids is 1. The second-order valence-electron chi connectivity index (χ2n) is 5.96. The average molecular weight is 366 g/mol. The van der Waals surface area contributed by atoms with Crippen LogP contribution in [0.5, 0.6) is 11.5 Å². The molecule has 8 nitrogen and oxygen atoms in total. The van der Waals surface area contributed by atoms with Crippen molar-refractivity contribution in [2.24, 2.45) is 0 Å². The zero-order chi connectivity index (χ0) is 16.8. The summed E-state index contributed by atoms with van der Waals surface area (Å²) in [5.41, 5.74) is 0.268. The summed E-state index contributed by atoms with van der Waals surface area (Å²) < 4.78 is 10.7. The summed E-state index contributed by atoms with van der Waals surface area (Å²) in [6, 6.07) is 3.18. The largest absolute Gasteiger partial charge is 1.00 e. The molecule has 1 aromatic rings. The van der Waals surface area contributed by atoms with E-state index in [1.807, 2.05) is 0 Å². The molecule has 0 saturated carbocycles. The number of fused-ring (bicyclic) bond motifs is 1. The molecule has 1 fully saturated rings. The van der Waals surface area contributed by atoms with Gasteiger partial charge in [-0.3, -0.25) is 5.41 Å². The number of nitrogens with zero attached hydrogens (tertiary/aromatic N) is 1. The predicted molar refractivity (Wildman–Crippen MR) is 79.5 cm³/mol. The Morgan fingerprint density at radius 2 is 2.04 bits per heavy atom. The minimum absolute atomic E-state index is 0. The second kappa shape index (κ2) is 8.62. The first kappa shape index (κ1) is 22.8. The Morgan fingerprint density at radius 3 is 2.60 bits per heavy atom. The van der Waals surface area contributed by atoms with E-state index in [0.29, 0.717) is 30.9 Å². The van der Waals surface area contributed by atoms with Gasteiger partial charge in [-0.05, 0) is 25.0 Å². The van der Waals surface area contributed by atoms with Crippen molar-refractivity contribution in [2.75, 3.05) is 13.1 Å². The maximum atomic E-state index is 11.5. The Hall–Kier alpha value is -0.255. The summed E-state index contributed by atoms with van der Waals surface area (Å²) in [5, 5.41) is 38.3. The van der Waals surface area contributed by atoms with Gasteiger partial charge in [0.1, 0.15) is 11.9 Å². The van der Waals surface area contributed by atoms with E-state index in [0.717, 1.165) is 0 Å². The van der Waals surface area contributed by atoms with Crippen molar-refractivity contribution in [1.29, 1.82) is 5.41 Å². The van der Waals surface area contributed by atoms with Crippen LogP contribution in [0.2, 0.25) is 6.32 Å². The van der Waals surface area contributed by atoms with Crippen molar-refractivity contribution in [2.45, 2.75) is 25.8 Å². The standard InChI is InChI=1S/C14H18BN2O6.2Na/c1-8(16)17-6-10(7-17)22-11-3-2-9-4-5-15(20,21)23-13(9)12(11)14(18)19;;/h2-3,10,16,20-21H,4-7H2,1H3,(H,18,19);;/q-1;2*+1/p-1. The SMILES string of the molecule is CC(=N)N1CC(Oc2ccc3c(c2C(=O)[O-])O[B-](O)(O)CC3)C1.[Na+].[Na+]. The van der Waals surface area contributed by atoms with Crippen LogP contribution in [0.15, 0.2) is 12.1 Å². The predicted octanol–water partition coefficient (Wildman–Crippen LogP) is -7.02. The number of ether oxygens (including phenoxy) is 1. The molecule has 2 heterocycles. The van der Waals surface area contributed by atoms with Crippen molar-refractivity contribution < 1.29 is 88.5 Å². The molecular formula is C14H17BN2Na2O6. The van der Waals surface area contributed by atoms with Crippen LogP contribution in [0.3, 0.4) is 0 Å². The molecule has 0 aliphatic carbocycles. The van der Waals surface area contributed by atoms with Gasteiger partial charge in [-0.15, -0.1) is 0 Å². The van der Waals surface area contributed by atoms with Gasteiger partial charge in [0.15, 0.2) is 0 Å². The smallest absolute Gasteiger partial charge is 0.669 e. The maximum Gasteiger partial charge on any atom is 1.00 e. The van der Waals surface area contributed by atoms with Gasteiger partial charge >= 0.3 is 65.9 Å². The molecule has 1 aromatic carbocycles. The van der Waals surface area contributed by atoms with Crippen molar-refractivity contribution in [3.05, 3.63) is 23.3 Å². The van der Waals surface area contributed by atoms with Crippen molar-refractivity contribution in [3.63, 3.8) is 0 Å². The number of carboxylic acids is 1. The van der Waals surface area contributed by atoms with Crippen LogP contribution in [-0.2, 0) is 6.42 Å². The number of rotatable bonds is 3. The van der Waals surface area contributed by atoms with Crippen LogP contribution in [0.25, 0.3) is 0 Å². The van der Waals surface area contributed by atoms with Gasteiger partial charge in [-0.2, -0.15) is 0 Å². The van der Waals surface area contributed by atoms with Crippen molar-refractivity contribution in [3.8, 4) is 11.5 Å². The first-order chi connectivity index (χ1) is 10.8. The number of likely N-dealkylation sites (tertiary alicyclic amines) is 1. The third-order valence-electron chi connectivity index (χ3n) is 4.12. The van der Waals surface area contributed by atoms with E-state index in [1.54, 1.807) is 17.9 Å². The molecule has 3 N–H and O–H groups in total. The Bertz CT molecular complexity index is 682. The number of carbonyl (C=O) groups is 1. The second-order valence-corrected chi connectivity index (χ2v) is 5.96. The Balaban J connectivity index is 0.00000156. The Kier molecular flexibility index (Phi) is 7.86. The molecule has 2 aliphatic rings. The van der Waals surface area contributed by atoms with E-state index in [-0.39, 0.29) is 88.6 Å². The molecule has 0 radical (unpaired) electrons. The maximum absolute atomic E-state index is 11.5. The zero-order valence-electron chi connectivity index (χ0n) is 14.6. The molecular weight excluding hydrogens is 349 g/mol. The molecule has 0 bridgehead atoms. The number of aromatic carboxylic acids is 1. The summed E-state index contributed by atoms with van der Waals surface area (Å²) in [5.74, 6) is -1.10. The molecule has 11 heteroatoms. The van der Waals surface area contributed by atoms with Gasteiger partial charge in [-0.25, -0.2) is 0 Å². The number of hydrogen-bond donors (Lipinski definition) is 3. The number of aryl methyl sites for hydroxylation is 1. The first-order valence-corrected chi connectivity index (χ1v) is 7.40. The van der Waals surface area contributed by atoms with E-state index in [1.165, 1.54) is 6.07 Å². The fraction of sp³-hybridized carbons (Fsp3) is 0.429. The van der Waals surface area contributed by atoms with Gasteiger partial charge in [0.2, 0.25) is 0 Å². The van der Waals surface area contributed by atoms with Gasteiger partial charge in [-0.1, -0.05) is 12.4 Å². The van der Waals surface area contributed by atoms with Gasteiger partial charge in [0.25, 0.3) is 0 Å². The number of carboxylic acid groups (broad SMARTS) is 1. The molecule has 3 rings (SSSR count). The van der Waals surface area contributed by atoms with Crippen molar-refractivity contribution >= 4 is 18.6 Å². The minimum atomic E-state index is -3.07. The average Bonchev–Trinajstić information content (AvgIpc) is 2.39. The van der Waals surface area contributed by atoms with Gasteiger partial charge < -0.3 is 34.2 Å². The molecule has 0 aromatic heterocycles. The molecule has 124 valence electrons. The van der Waals surface area contributed by atoms with Crippen molar-refractivity contribution in [1.82, 2.24) is 4.90 Å². The summed E-state index contributed by atoms with van der Waals surface area (Å²) in [7, 11) is 0. The fourth-order valence-corrected chi connectivity index (χ4v) is 2.79. The molecule has 2 aliphatic heterocycles. The fourth-order valence-electron chi connectivity index (χ4n) is 2.79. The monoisotopic (exact) mass is 366 g/mol. The zero-order valence-corrected chi connectivity index (χ0v) is 18.6. The van der Waals surface area contributed by atoms with E-state index in [2.05, 4.69) is 0 Å². The Morgan fingerprint density at radius 1 is 1.40 bits per heavy atom. The first-order valence-electron chi connectivity index (χ1n) is 7.40. The van der Waals surface area contributed by atoms with E-state index < -0.39 is 12.7 Å². The van der Waals surface area contributed by atoms with Crippen LogP contribution >= 0.6 is 0 Å².